The standard InChI is InChI=1S/C36H29N3O7/c1-4-8-25-17-23(18-31(44-3)33(25)45-21-22-13-15-24(16-14-22)36(41)42)20-37-39-34(38-28-10-6-5-9-26(28)35(39)40)32-19-27-29(43-2)11-7-12-30(27)46-32/h4-7,9-20H,1,8,21H2,2-3H3,(H,41,42). The van der Waals surface area contributed by atoms with Crippen molar-refractivity contribution >= 4 is 34.1 Å². The van der Waals surface area contributed by atoms with E-state index in [4.69, 9.17) is 23.6 Å². The smallest absolute Gasteiger partial charge is 0.335 e. The molecule has 6 aromatic rings. The van der Waals surface area contributed by atoms with Crippen molar-refractivity contribution in [1.82, 2.24) is 9.66 Å². The number of carboxylic acid groups (broad SMARTS) is 1. The summed E-state index contributed by atoms with van der Waals surface area (Å²) in [6.07, 6.45) is 3.76. The quantitative estimate of drug-likeness (QED) is 0.126. The number of aromatic carboxylic acids is 1. The van der Waals surface area contributed by atoms with E-state index >= 15 is 0 Å². The van der Waals surface area contributed by atoms with Crippen LogP contribution in [0.5, 0.6) is 17.2 Å². The number of carbonyl (C=O) groups is 1. The number of allylic oxidation sites excluding steroid dienone is 1. The highest BCUT2D eigenvalue weighted by Gasteiger charge is 2.18. The Hall–Kier alpha value is -6.16. The molecule has 0 spiro atoms. The van der Waals surface area contributed by atoms with Crippen LogP contribution in [0.1, 0.15) is 27.0 Å². The summed E-state index contributed by atoms with van der Waals surface area (Å²) >= 11 is 0. The van der Waals surface area contributed by atoms with Crippen molar-refractivity contribution in [2.24, 2.45) is 5.10 Å². The molecule has 0 aliphatic carbocycles. The molecule has 2 heterocycles. The predicted molar refractivity (Wildman–Crippen MR) is 175 cm³/mol. The van der Waals surface area contributed by atoms with Gasteiger partial charge in [-0.3, -0.25) is 4.79 Å². The highest BCUT2D eigenvalue weighted by atomic mass is 16.5. The van der Waals surface area contributed by atoms with Crippen LogP contribution in [0.15, 0.2) is 112 Å². The van der Waals surface area contributed by atoms with Gasteiger partial charge in [-0.1, -0.05) is 36.4 Å². The Morgan fingerprint density at radius 1 is 0.978 bits per heavy atom. The number of rotatable bonds is 11. The van der Waals surface area contributed by atoms with Crippen molar-refractivity contribution in [1.29, 1.82) is 0 Å². The number of para-hydroxylation sites is 1. The van der Waals surface area contributed by atoms with E-state index in [0.717, 1.165) is 16.5 Å². The molecule has 46 heavy (non-hydrogen) atoms. The van der Waals surface area contributed by atoms with Gasteiger partial charge in [0, 0.05) is 5.56 Å². The Labute approximate surface area is 263 Å². The molecule has 0 aliphatic heterocycles. The molecule has 0 radical (unpaired) electrons. The Morgan fingerprint density at radius 2 is 1.76 bits per heavy atom. The lowest BCUT2D eigenvalue weighted by Gasteiger charge is -2.16. The molecule has 10 heteroatoms. The first-order valence-corrected chi connectivity index (χ1v) is 14.3. The molecular weight excluding hydrogens is 586 g/mol. The lowest BCUT2D eigenvalue weighted by Crippen LogP contribution is -2.20. The maximum atomic E-state index is 13.8. The van der Waals surface area contributed by atoms with Crippen molar-refractivity contribution in [3.63, 3.8) is 0 Å². The largest absolute Gasteiger partial charge is 0.496 e. The van der Waals surface area contributed by atoms with Crippen molar-refractivity contribution in [3.8, 4) is 28.8 Å². The topological polar surface area (TPSA) is 125 Å². The molecule has 0 aliphatic rings. The molecule has 10 nitrogen and oxygen atoms in total. The first-order valence-electron chi connectivity index (χ1n) is 14.3. The zero-order chi connectivity index (χ0) is 32.2. The molecule has 6 rings (SSSR count). The number of furan rings is 1. The minimum Gasteiger partial charge on any atom is -0.496 e. The molecule has 1 N–H and O–H groups in total. The number of carboxylic acids is 1. The second-order valence-electron chi connectivity index (χ2n) is 10.3. The molecule has 4 aromatic carbocycles. The number of hydrogen-bond donors (Lipinski definition) is 1. The van der Waals surface area contributed by atoms with Crippen LogP contribution in [-0.4, -0.2) is 41.2 Å². The van der Waals surface area contributed by atoms with Gasteiger partial charge in [-0.05, 0) is 72.1 Å². The third kappa shape index (κ3) is 5.83. The highest BCUT2D eigenvalue weighted by molar-refractivity contribution is 5.89. The maximum Gasteiger partial charge on any atom is 0.335 e. The van der Waals surface area contributed by atoms with Crippen LogP contribution in [0, 0.1) is 0 Å². The van der Waals surface area contributed by atoms with E-state index < -0.39 is 5.97 Å². The first-order chi connectivity index (χ1) is 22.4. The Morgan fingerprint density at radius 3 is 2.50 bits per heavy atom. The van der Waals surface area contributed by atoms with Crippen LogP contribution in [0.4, 0.5) is 0 Å². The van der Waals surface area contributed by atoms with Crippen LogP contribution >= 0.6 is 0 Å². The molecule has 0 bridgehead atoms. The number of benzene rings is 4. The Kier molecular flexibility index (Phi) is 8.34. The second kappa shape index (κ2) is 12.8. The van der Waals surface area contributed by atoms with E-state index in [9.17, 15) is 14.7 Å². The lowest BCUT2D eigenvalue weighted by atomic mass is 10.1. The van der Waals surface area contributed by atoms with E-state index in [2.05, 4.69) is 11.7 Å². The monoisotopic (exact) mass is 615 g/mol. The summed E-state index contributed by atoms with van der Waals surface area (Å²) in [6.45, 7) is 4.07. The fourth-order valence-electron chi connectivity index (χ4n) is 5.12. The molecule has 0 saturated carbocycles. The summed E-state index contributed by atoms with van der Waals surface area (Å²) in [5.74, 6) is 1.19. The van der Waals surface area contributed by atoms with Crippen molar-refractivity contribution in [3.05, 3.63) is 130 Å². The minimum atomic E-state index is -0.994. The van der Waals surface area contributed by atoms with Gasteiger partial charge in [0.05, 0.1) is 42.3 Å². The number of hydrogen-bond acceptors (Lipinski definition) is 8. The summed E-state index contributed by atoms with van der Waals surface area (Å²) in [5, 5.41) is 14.9. The summed E-state index contributed by atoms with van der Waals surface area (Å²) in [5.41, 5.74) is 3.14. The van der Waals surface area contributed by atoms with Crippen LogP contribution in [0.2, 0.25) is 0 Å². The number of ether oxygens (including phenoxy) is 3. The van der Waals surface area contributed by atoms with Gasteiger partial charge in [0.2, 0.25) is 5.82 Å². The van der Waals surface area contributed by atoms with Crippen molar-refractivity contribution in [2.75, 3.05) is 14.2 Å². The molecule has 0 unspecified atom stereocenters. The lowest BCUT2D eigenvalue weighted by molar-refractivity contribution is 0.0697. The molecule has 0 atom stereocenters. The van der Waals surface area contributed by atoms with Gasteiger partial charge in [0.1, 0.15) is 17.9 Å². The summed E-state index contributed by atoms with van der Waals surface area (Å²) in [4.78, 5) is 29.7. The zero-order valence-corrected chi connectivity index (χ0v) is 25.1. The van der Waals surface area contributed by atoms with E-state index in [1.54, 1.807) is 61.9 Å². The van der Waals surface area contributed by atoms with Gasteiger partial charge < -0.3 is 23.7 Å². The third-order valence-electron chi connectivity index (χ3n) is 7.36. The molecule has 2 aromatic heterocycles. The van der Waals surface area contributed by atoms with Crippen molar-refractivity contribution in [2.45, 2.75) is 13.0 Å². The van der Waals surface area contributed by atoms with Gasteiger partial charge in [0.15, 0.2) is 17.3 Å². The van der Waals surface area contributed by atoms with Gasteiger partial charge in [-0.15, -0.1) is 6.58 Å². The van der Waals surface area contributed by atoms with Gasteiger partial charge >= 0.3 is 5.97 Å². The number of methoxy groups -OCH3 is 2. The Bertz CT molecular complexity index is 2180. The number of aromatic nitrogens is 2. The normalized spacial score (nSPS) is 11.3. The average Bonchev–Trinajstić information content (AvgIpc) is 3.52. The molecule has 0 fully saturated rings. The van der Waals surface area contributed by atoms with Crippen LogP contribution in [-0.2, 0) is 13.0 Å². The van der Waals surface area contributed by atoms with E-state index in [0.29, 0.717) is 51.5 Å². The SMILES string of the molecule is C=CCc1cc(C=Nn2c(-c3cc4c(OC)cccc4o3)nc3ccccc3c2=O)cc(OC)c1OCc1ccc(C(=O)O)cc1. The van der Waals surface area contributed by atoms with Crippen LogP contribution in [0.25, 0.3) is 33.5 Å². The predicted octanol–water partition coefficient (Wildman–Crippen LogP) is 6.71. The maximum absolute atomic E-state index is 13.8. The first kappa shape index (κ1) is 29.9. The molecule has 0 amide bonds. The van der Waals surface area contributed by atoms with E-state index in [1.165, 1.54) is 23.9 Å². The molecule has 230 valence electrons. The number of nitrogens with zero attached hydrogens (tertiary/aromatic N) is 3. The van der Waals surface area contributed by atoms with Crippen LogP contribution < -0.4 is 19.8 Å². The summed E-state index contributed by atoms with van der Waals surface area (Å²) in [6, 6.07) is 24.4. The summed E-state index contributed by atoms with van der Waals surface area (Å²) < 4.78 is 24.7. The van der Waals surface area contributed by atoms with E-state index in [-0.39, 0.29) is 23.6 Å². The van der Waals surface area contributed by atoms with Gasteiger partial charge in [-0.25, -0.2) is 9.78 Å². The fourth-order valence-corrected chi connectivity index (χ4v) is 5.12. The zero-order valence-electron chi connectivity index (χ0n) is 25.1. The van der Waals surface area contributed by atoms with Crippen LogP contribution in [0.3, 0.4) is 0 Å². The highest BCUT2D eigenvalue weighted by Crippen LogP contribution is 2.35. The van der Waals surface area contributed by atoms with Gasteiger partial charge in [0.25, 0.3) is 5.56 Å². The summed E-state index contributed by atoms with van der Waals surface area (Å²) in [7, 11) is 3.12. The molecule has 0 saturated heterocycles. The Balaban J connectivity index is 1.40. The fraction of sp³-hybridized carbons (Fsp3) is 0.111. The average molecular weight is 616 g/mol. The number of fused-ring (bicyclic) bond motifs is 2. The van der Waals surface area contributed by atoms with Crippen molar-refractivity contribution < 1.29 is 28.5 Å². The van der Waals surface area contributed by atoms with E-state index in [1.807, 2.05) is 30.3 Å². The minimum absolute atomic E-state index is 0.192. The third-order valence-corrected chi connectivity index (χ3v) is 7.36. The molecular formula is C36H29N3O7. The second-order valence-corrected chi connectivity index (χ2v) is 10.3. The van der Waals surface area contributed by atoms with Gasteiger partial charge in [-0.2, -0.15) is 9.78 Å².